The first-order valence-electron chi connectivity index (χ1n) is 7.99. The predicted molar refractivity (Wildman–Crippen MR) is 96.2 cm³/mol. The van der Waals surface area contributed by atoms with Crippen LogP contribution in [0.5, 0.6) is 0 Å². The van der Waals surface area contributed by atoms with Crippen molar-refractivity contribution >= 4 is 34.8 Å². The van der Waals surface area contributed by atoms with Gasteiger partial charge in [0.05, 0.1) is 4.88 Å². The minimum absolute atomic E-state index is 0.0399. The number of rotatable bonds is 4. The smallest absolute Gasteiger partial charge is 0.263 e. The molecule has 1 aromatic heterocycles. The van der Waals surface area contributed by atoms with Crippen molar-refractivity contribution in [3.8, 4) is 0 Å². The highest BCUT2D eigenvalue weighted by Gasteiger charge is 2.28. The van der Waals surface area contributed by atoms with E-state index < -0.39 is 0 Å². The number of nitrogens with zero attached hydrogens (tertiary/aromatic N) is 1. The lowest BCUT2D eigenvalue weighted by molar-refractivity contribution is -0.126. The van der Waals surface area contributed by atoms with Crippen LogP contribution in [0.15, 0.2) is 41.8 Å². The molecule has 1 N–H and O–H groups in total. The van der Waals surface area contributed by atoms with E-state index in [4.69, 9.17) is 11.6 Å². The van der Waals surface area contributed by atoms with Crippen molar-refractivity contribution in [1.29, 1.82) is 0 Å². The van der Waals surface area contributed by atoms with Gasteiger partial charge in [-0.2, -0.15) is 0 Å². The van der Waals surface area contributed by atoms with Crippen LogP contribution in [0.1, 0.15) is 28.1 Å². The minimum Gasteiger partial charge on any atom is -0.352 e. The number of carbonyl (C=O) groups excluding carboxylic acids is 2. The Morgan fingerprint density at radius 1 is 1.17 bits per heavy atom. The van der Waals surface area contributed by atoms with E-state index in [-0.39, 0.29) is 17.7 Å². The lowest BCUT2D eigenvalue weighted by atomic mass is 9.95. The van der Waals surface area contributed by atoms with Crippen LogP contribution in [0.25, 0.3) is 0 Å². The summed E-state index contributed by atoms with van der Waals surface area (Å²) in [5.41, 5.74) is 0.915. The number of hydrogen-bond donors (Lipinski definition) is 1. The summed E-state index contributed by atoms with van der Waals surface area (Å²) in [4.78, 5) is 27.2. The monoisotopic (exact) mass is 362 g/mol. The van der Waals surface area contributed by atoms with Crippen LogP contribution in [0.2, 0.25) is 5.02 Å². The van der Waals surface area contributed by atoms with Crippen LogP contribution >= 0.6 is 22.9 Å². The number of benzene rings is 1. The standard InChI is InChI=1S/C18H19ClN2O2S/c19-15-5-2-1-4-14(15)12-20-17(22)13-7-9-21(10-8-13)18(23)16-6-3-11-24-16/h1-6,11,13H,7-10,12H2,(H,20,22). The van der Waals surface area contributed by atoms with Crippen molar-refractivity contribution in [2.45, 2.75) is 19.4 Å². The van der Waals surface area contributed by atoms with Gasteiger partial charge in [-0.1, -0.05) is 35.9 Å². The zero-order valence-electron chi connectivity index (χ0n) is 13.2. The zero-order valence-corrected chi connectivity index (χ0v) is 14.8. The molecule has 2 heterocycles. The van der Waals surface area contributed by atoms with E-state index in [1.165, 1.54) is 11.3 Å². The lowest BCUT2D eigenvalue weighted by Gasteiger charge is -2.31. The maximum atomic E-state index is 12.3. The Bertz CT molecular complexity index is 710. The van der Waals surface area contributed by atoms with Crippen molar-refractivity contribution in [1.82, 2.24) is 10.2 Å². The molecule has 1 aliphatic heterocycles. The van der Waals surface area contributed by atoms with Crippen LogP contribution in [0.4, 0.5) is 0 Å². The molecule has 0 unspecified atom stereocenters. The van der Waals surface area contributed by atoms with E-state index in [0.29, 0.717) is 37.5 Å². The number of nitrogens with one attached hydrogen (secondary N) is 1. The van der Waals surface area contributed by atoms with Crippen molar-refractivity contribution in [2.75, 3.05) is 13.1 Å². The summed E-state index contributed by atoms with van der Waals surface area (Å²) >= 11 is 7.56. The van der Waals surface area contributed by atoms with Gasteiger partial charge in [-0.15, -0.1) is 11.3 Å². The van der Waals surface area contributed by atoms with Gasteiger partial charge in [0.1, 0.15) is 0 Å². The molecule has 0 radical (unpaired) electrons. The van der Waals surface area contributed by atoms with Gasteiger partial charge in [0.2, 0.25) is 5.91 Å². The van der Waals surface area contributed by atoms with E-state index in [1.807, 2.05) is 46.7 Å². The summed E-state index contributed by atoms with van der Waals surface area (Å²) in [6.45, 7) is 1.69. The lowest BCUT2D eigenvalue weighted by Crippen LogP contribution is -2.42. The van der Waals surface area contributed by atoms with Gasteiger partial charge in [-0.25, -0.2) is 0 Å². The third kappa shape index (κ3) is 3.97. The maximum Gasteiger partial charge on any atom is 0.263 e. The SMILES string of the molecule is O=C(NCc1ccccc1Cl)C1CCN(C(=O)c2cccs2)CC1. The highest BCUT2D eigenvalue weighted by atomic mass is 35.5. The third-order valence-corrected chi connectivity index (χ3v) is 5.52. The number of piperidine rings is 1. The van der Waals surface area contributed by atoms with Crippen molar-refractivity contribution < 1.29 is 9.59 Å². The molecule has 24 heavy (non-hydrogen) atoms. The fourth-order valence-electron chi connectivity index (χ4n) is 2.87. The van der Waals surface area contributed by atoms with E-state index in [0.717, 1.165) is 10.4 Å². The van der Waals surface area contributed by atoms with Gasteiger partial charge in [-0.3, -0.25) is 9.59 Å². The quantitative estimate of drug-likeness (QED) is 0.903. The molecule has 1 aliphatic rings. The number of hydrogen-bond acceptors (Lipinski definition) is 3. The molecule has 1 saturated heterocycles. The second-order valence-corrected chi connectivity index (χ2v) is 7.21. The average molecular weight is 363 g/mol. The Hall–Kier alpha value is -1.85. The second kappa shape index (κ2) is 7.81. The highest BCUT2D eigenvalue weighted by molar-refractivity contribution is 7.12. The predicted octanol–water partition coefficient (Wildman–Crippen LogP) is 3.57. The van der Waals surface area contributed by atoms with E-state index >= 15 is 0 Å². The van der Waals surface area contributed by atoms with Crippen LogP contribution in [-0.2, 0) is 11.3 Å². The fraction of sp³-hybridized carbons (Fsp3) is 0.333. The molecule has 0 aliphatic carbocycles. The first-order valence-corrected chi connectivity index (χ1v) is 9.25. The molecular weight excluding hydrogens is 344 g/mol. The summed E-state index contributed by atoms with van der Waals surface area (Å²) in [7, 11) is 0. The molecule has 1 aromatic carbocycles. The molecule has 2 aromatic rings. The molecule has 1 fully saturated rings. The number of likely N-dealkylation sites (tertiary alicyclic amines) is 1. The van der Waals surface area contributed by atoms with Gasteiger partial charge in [0, 0.05) is 30.6 Å². The molecule has 6 heteroatoms. The normalized spacial score (nSPS) is 15.3. The Morgan fingerprint density at radius 3 is 2.58 bits per heavy atom. The zero-order chi connectivity index (χ0) is 16.9. The van der Waals surface area contributed by atoms with E-state index in [2.05, 4.69) is 5.32 Å². The van der Waals surface area contributed by atoms with Crippen LogP contribution in [-0.4, -0.2) is 29.8 Å². The number of carbonyl (C=O) groups is 2. The van der Waals surface area contributed by atoms with Gasteiger partial charge < -0.3 is 10.2 Å². The minimum atomic E-state index is -0.0418. The fourth-order valence-corrected chi connectivity index (χ4v) is 3.76. The third-order valence-electron chi connectivity index (χ3n) is 4.30. The van der Waals surface area contributed by atoms with Gasteiger partial charge in [-0.05, 0) is 35.9 Å². The summed E-state index contributed by atoms with van der Waals surface area (Å²) in [5.74, 6) is 0.0675. The van der Waals surface area contributed by atoms with Crippen molar-refractivity contribution in [3.05, 3.63) is 57.2 Å². The summed E-state index contributed by atoms with van der Waals surface area (Å²) in [6.07, 6.45) is 1.40. The molecule has 0 saturated carbocycles. The first kappa shape index (κ1) is 17.0. The van der Waals surface area contributed by atoms with Gasteiger partial charge >= 0.3 is 0 Å². The Balaban J connectivity index is 1.48. The molecule has 0 atom stereocenters. The largest absolute Gasteiger partial charge is 0.352 e. The topological polar surface area (TPSA) is 49.4 Å². The van der Waals surface area contributed by atoms with Gasteiger partial charge in [0.25, 0.3) is 5.91 Å². The Kier molecular flexibility index (Phi) is 5.53. The molecule has 2 amide bonds. The first-order chi connectivity index (χ1) is 11.6. The van der Waals surface area contributed by atoms with Crippen molar-refractivity contribution in [3.63, 3.8) is 0 Å². The Labute approximate surface area is 150 Å². The molecule has 0 spiro atoms. The van der Waals surface area contributed by atoms with Crippen LogP contribution < -0.4 is 5.32 Å². The maximum absolute atomic E-state index is 12.3. The highest BCUT2D eigenvalue weighted by Crippen LogP contribution is 2.21. The molecular formula is C18H19ClN2O2S. The van der Waals surface area contributed by atoms with Crippen LogP contribution in [0, 0.1) is 5.92 Å². The van der Waals surface area contributed by atoms with Crippen LogP contribution in [0.3, 0.4) is 0 Å². The average Bonchev–Trinajstić information content (AvgIpc) is 3.15. The van der Waals surface area contributed by atoms with Gasteiger partial charge in [0.15, 0.2) is 0 Å². The molecule has 4 nitrogen and oxygen atoms in total. The number of halogens is 1. The molecule has 126 valence electrons. The molecule has 0 bridgehead atoms. The summed E-state index contributed by atoms with van der Waals surface area (Å²) in [6, 6.07) is 11.2. The second-order valence-electron chi connectivity index (χ2n) is 5.85. The Morgan fingerprint density at radius 2 is 1.92 bits per heavy atom. The van der Waals surface area contributed by atoms with E-state index in [1.54, 1.807) is 0 Å². The molecule has 3 rings (SSSR count). The number of amides is 2. The number of thiophene rings is 1. The summed E-state index contributed by atoms with van der Waals surface area (Å²) < 4.78 is 0. The summed E-state index contributed by atoms with van der Waals surface area (Å²) in [5, 5.41) is 5.52. The van der Waals surface area contributed by atoms with E-state index in [9.17, 15) is 9.59 Å². The van der Waals surface area contributed by atoms with Crippen molar-refractivity contribution in [2.24, 2.45) is 5.92 Å².